The number of hydrogen-bond acceptors (Lipinski definition) is 1. The van der Waals surface area contributed by atoms with E-state index in [2.05, 4.69) is 98.8 Å². The molecule has 0 saturated heterocycles. The molecule has 0 unspecified atom stereocenters. The Morgan fingerprint density at radius 1 is 0.767 bits per heavy atom. The van der Waals surface area contributed by atoms with Crippen LogP contribution in [0.2, 0.25) is 6.04 Å². The summed E-state index contributed by atoms with van der Waals surface area (Å²) >= 11 is 6.82. The van der Waals surface area contributed by atoms with E-state index in [1.807, 2.05) is 6.07 Å². The number of alkyl halides is 1. The van der Waals surface area contributed by atoms with Crippen molar-refractivity contribution in [2.75, 3.05) is 12.1 Å². The maximum Gasteiger partial charge on any atom is 0.132 e. The van der Waals surface area contributed by atoms with Gasteiger partial charge in [0.25, 0.3) is 0 Å². The van der Waals surface area contributed by atoms with Crippen LogP contribution in [0, 0.1) is 11.8 Å². The van der Waals surface area contributed by atoms with Crippen molar-refractivity contribution in [1.29, 1.82) is 0 Å². The molecule has 0 aromatic heterocycles. The Hall–Kier alpha value is -1.87. The van der Waals surface area contributed by atoms with Gasteiger partial charge in [0, 0.05) is 12.1 Å². The molecule has 3 aromatic carbocycles. The first-order valence-electron chi connectivity index (χ1n) is 10.9. The van der Waals surface area contributed by atoms with E-state index < -0.39 is 8.07 Å². The number of rotatable bonds is 11. The molecule has 1 nitrogen and oxygen atoms in total. The fraction of sp³-hybridized carbons (Fsp3) is 0.333. The third-order valence-electron chi connectivity index (χ3n) is 5.79. The number of benzene rings is 3. The van der Waals surface area contributed by atoms with Crippen molar-refractivity contribution in [3.8, 4) is 0 Å². The predicted molar refractivity (Wildman–Crippen MR) is 132 cm³/mol. The van der Waals surface area contributed by atoms with Gasteiger partial charge in [-0.15, -0.1) is 11.6 Å². The standard InChI is InChI=1S/C27H33ClOSi/c1-23(2)18-25(20-29-19-24-12-6-3-7-13-24)21-30(22-28,26-14-8-4-9-15-26)27-16-10-5-11-17-27/h3-17,23,25H,18-22H2,1-2H3/t25-/m0/s1. The van der Waals surface area contributed by atoms with Crippen molar-refractivity contribution in [1.82, 2.24) is 0 Å². The van der Waals surface area contributed by atoms with Crippen LogP contribution in [0.3, 0.4) is 0 Å². The molecule has 0 bridgehead atoms. The van der Waals surface area contributed by atoms with E-state index in [0.29, 0.717) is 23.9 Å². The van der Waals surface area contributed by atoms with Crippen LogP contribution in [0.15, 0.2) is 91.0 Å². The van der Waals surface area contributed by atoms with E-state index in [1.165, 1.54) is 15.9 Å². The molecule has 0 aliphatic carbocycles. The van der Waals surface area contributed by atoms with E-state index in [4.69, 9.17) is 16.3 Å². The summed E-state index contributed by atoms with van der Waals surface area (Å²) in [5.41, 5.74) is 1.92. The van der Waals surface area contributed by atoms with E-state index in [0.717, 1.165) is 19.1 Å². The van der Waals surface area contributed by atoms with Crippen molar-refractivity contribution in [2.24, 2.45) is 11.8 Å². The van der Waals surface area contributed by atoms with Gasteiger partial charge >= 0.3 is 0 Å². The molecule has 0 N–H and O–H groups in total. The van der Waals surface area contributed by atoms with Crippen molar-refractivity contribution in [3.05, 3.63) is 96.6 Å². The van der Waals surface area contributed by atoms with Crippen molar-refractivity contribution >= 4 is 30.0 Å². The third-order valence-corrected chi connectivity index (χ3v) is 11.8. The summed E-state index contributed by atoms with van der Waals surface area (Å²) in [4.78, 5) is 0. The normalized spacial score (nSPS) is 12.8. The average molecular weight is 437 g/mol. The lowest BCUT2D eigenvalue weighted by Crippen LogP contribution is -2.61. The predicted octanol–water partition coefficient (Wildman–Crippen LogP) is 5.91. The Balaban J connectivity index is 1.84. The summed E-state index contributed by atoms with van der Waals surface area (Å²) in [5.74, 6) is 1.11. The van der Waals surface area contributed by atoms with E-state index in [-0.39, 0.29) is 0 Å². The van der Waals surface area contributed by atoms with Crippen LogP contribution in [-0.2, 0) is 11.3 Å². The molecule has 3 heteroatoms. The lowest BCUT2D eigenvalue weighted by Gasteiger charge is -2.35. The molecule has 0 aliphatic rings. The van der Waals surface area contributed by atoms with E-state index in [9.17, 15) is 0 Å². The maximum absolute atomic E-state index is 6.82. The molecule has 3 rings (SSSR count). The molecule has 0 amide bonds. The Morgan fingerprint density at radius 3 is 1.73 bits per heavy atom. The first kappa shape index (κ1) is 22.8. The molecule has 0 radical (unpaired) electrons. The zero-order chi connectivity index (χ0) is 21.2. The second kappa shape index (κ2) is 11.5. The van der Waals surface area contributed by atoms with Gasteiger partial charge in [0.1, 0.15) is 8.07 Å². The topological polar surface area (TPSA) is 9.23 Å². The molecule has 0 saturated carbocycles. The van der Waals surface area contributed by atoms with Gasteiger partial charge in [-0.05, 0) is 29.9 Å². The lowest BCUT2D eigenvalue weighted by atomic mass is 9.99. The second-order valence-electron chi connectivity index (χ2n) is 8.65. The lowest BCUT2D eigenvalue weighted by molar-refractivity contribution is 0.0853. The van der Waals surface area contributed by atoms with Gasteiger partial charge in [-0.3, -0.25) is 0 Å². The largest absolute Gasteiger partial charge is 0.376 e. The van der Waals surface area contributed by atoms with Gasteiger partial charge < -0.3 is 4.74 Å². The van der Waals surface area contributed by atoms with E-state index >= 15 is 0 Å². The molecule has 1 atom stereocenters. The first-order valence-corrected chi connectivity index (χ1v) is 13.9. The van der Waals surface area contributed by atoms with Gasteiger partial charge in [-0.25, -0.2) is 0 Å². The Morgan fingerprint density at radius 2 is 1.27 bits per heavy atom. The SMILES string of the molecule is CC(C)C[C@@H](COCc1ccccc1)C[Si](CCl)(c1ccccc1)c1ccccc1. The minimum Gasteiger partial charge on any atom is -0.376 e. The van der Waals surface area contributed by atoms with Crippen LogP contribution in [0.25, 0.3) is 0 Å². The molecular weight excluding hydrogens is 404 g/mol. The Kier molecular flexibility index (Phi) is 8.74. The van der Waals surface area contributed by atoms with Crippen LogP contribution >= 0.6 is 11.6 Å². The highest BCUT2D eigenvalue weighted by Crippen LogP contribution is 2.25. The summed E-state index contributed by atoms with van der Waals surface area (Å²) < 4.78 is 6.22. The fourth-order valence-electron chi connectivity index (χ4n) is 4.41. The van der Waals surface area contributed by atoms with Crippen molar-refractivity contribution in [2.45, 2.75) is 32.9 Å². The zero-order valence-electron chi connectivity index (χ0n) is 18.1. The van der Waals surface area contributed by atoms with Gasteiger partial charge in [0.2, 0.25) is 0 Å². The molecular formula is C27H33ClOSi. The smallest absolute Gasteiger partial charge is 0.132 e. The summed E-state index contributed by atoms with van der Waals surface area (Å²) in [7, 11) is -2.10. The van der Waals surface area contributed by atoms with Gasteiger partial charge in [0.05, 0.1) is 6.61 Å². The minimum atomic E-state index is -2.10. The Labute approximate surface area is 188 Å². The molecule has 0 spiro atoms. The summed E-state index contributed by atoms with van der Waals surface area (Å²) in [5, 5.41) is 2.84. The summed E-state index contributed by atoms with van der Waals surface area (Å²) in [6.07, 6.45) is 1.15. The van der Waals surface area contributed by atoms with Crippen LogP contribution in [-0.4, -0.2) is 20.2 Å². The van der Waals surface area contributed by atoms with E-state index in [1.54, 1.807) is 0 Å². The molecule has 30 heavy (non-hydrogen) atoms. The molecule has 3 aromatic rings. The third kappa shape index (κ3) is 6.07. The molecule has 0 fully saturated rings. The number of ether oxygens (including phenoxy) is 1. The van der Waals surface area contributed by atoms with Gasteiger partial charge in [-0.1, -0.05) is 115 Å². The van der Waals surface area contributed by atoms with Crippen LogP contribution in [0.1, 0.15) is 25.8 Å². The van der Waals surface area contributed by atoms with Crippen molar-refractivity contribution < 1.29 is 4.74 Å². The van der Waals surface area contributed by atoms with Crippen LogP contribution in [0.5, 0.6) is 0 Å². The Bertz CT molecular complexity index is 812. The molecule has 0 aliphatic heterocycles. The maximum atomic E-state index is 6.82. The van der Waals surface area contributed by atoms with Crippen LogP contribution < -0.4 is 10.4 Å². The number of halogens is 1. The fourth-order valence-corrected chi connectivity index (χ4v) is 9.82. The monoisotopic (exact) mass is 436 g/mol. The minimum absolute atomic E-state index is 0.486. The quantitative estimate of drug-likeness (QED) is 0.268. The summed E-state index contributed by atoms with van der Waals surface area (Å²) in [6, 6.07) is 33.4. The van der Waals surface area contributed by atoms with Crippen LogP contribution in [0.4, 0.5) is 0 Å². The zero-order valence-corrected chi connectivity index (χ0v) is 19.9. The summed E-state index contributed by atoms with van der Waals surface area (Å²) in [6.45, 7) is 6.05. The van der Waals surface area contributed by atoms with Crippen molar-refractivity contribution in [3.63, 3.8) is 0 Å². The second-order valence-corrected chi connectivity index (χ2v) is 13.4. The first-order chi connectivity index (χ1) is 14.6. The van der Waals surface area contributed by atoms with Gasteiger partial charge in [0.15, 0.2) is 0 Å². The number of hydrogen-bond donors (Lipinski definition) is 0. The highest BCUT2D eigenvalue weighted by molar-refractivity contribution is 7.05. The van der Waals surface area contributed by atoms with Gasteiger partial charge in [-0.2, -0.15) is 0 Å². The molecule has 0 heterocycles. The average Bonchev–Trinajstić information content (AvgIpc) is 2.79. The highest BCUT2D eigenvalue weighted by atomic mass is 35.5. The molecule has 158 valence electrons. The highest BCUT2D eigenvalue weighted by Gasteiger charge is 2.38.